The van der Waals surface area contributed by atoms with E-state index in [-0.39, 0.29) is 18.4 Å². The lowest BCUT2D eigenvalue weighted by atomic mass is 10.1. The first-order valence-electron chi connectivity index (χ1n) is 5.02. The van der Waals surface area contributed by atoms with E-state index >= 15 is 0 Å². The third kappa shape index (κ3) is 3.12. The first-order valence-corrected chi connectivity index (χ1v) is 6.41. The van der Waals surface area contributed by atoms with Crippen molar-refractivity contribution >= 4 is 23.6 Å². The summed E-state index contributed by atoms with van der Waals surface area (Å²) < 4.78 is 0. The summed E-state index contributed by atoms with van der Waals surface area (Å²) in [5, 5.41) is 11.6. The summed E-state index contributed by atoms with van der Waals surface area (Å²) in [6.45, 7) is 2.13. The molecule has 1 unspecified atom stereocenters. The van der Waals surface area contributed by atoms with Crippen LogP contribution in [0.25, 0.3) is 0 Å². The number of amides is 1. The van der Waals surface area contributed by atoms with Gasteiger partial charge in [-0.1, -0.05) is 6.92 Å². The number of carbonyl (C=O) groups is 2. The van der Waals surface area contributed by atoms with Crippen molar-refractivity contribution in [2.24, 2.45) is 11.3 Å². The largest absolute Gasteiger partial charge is 0.481 e. The molecule has 0 aromatic rings. The van der Waals surface area contributed by atoms with E-state index in [1.807, 2.05) is 13.2 Å². The fourth-order valence-electron chi connectivity index (χ4n) is 1.37. The third-order valence-corrected chi connectivity index (χ3v) is 3.61. The molecule has 1 fully saturated rings. The Labute approximate surface area is 93.8 Å². The molecule has 1 saturated carbocycles. The second kappa shape index (κ2) is 4.88. The van der Waals surface area contributed by atoms with Crippen LogP contribution in [0.2, 0.25) is 0 Å². The van der Waals surface area contributed by atoms with E-state index in [1.165, 1.54) is 0 Å². The smallest absolute Gasteiger partial charge is 0.311 e. The molecular weight excluding hydrogens is 214 g/mol. The van der Waals surface area contributed by atoms with Gasteiger partial charge in [0, 0.05) is 18.2 Å². The highest BCUT2D eigenvalue weighted by Gasteiger charge is 2.50. The number of carboxylic acid groups (broad SMARTS) is 1. The van der Waals surface area contributed by atoms with E-state index in [1.54, 1.807) is 11.8 Å². The van der Waals surface area contributed by atoms with E-state index in [4.69, 9.17) is 5.11 Å². The second-order valence-electron chi connectivity index (χ2n) is 4.16. The van der Waals surface area contributed by atoms with Gasteiger partial charge in [0.2, 0.25) is 5.91 Å². The predicted octanol–water partition coefficient (Wildman–Crippen LogP) is 0.966. The molecule has 0 heterocycles. The Morgan fingerprint density at radius 1 is 1.53 bits per heavy atom. The van der Waals surface area contributed by atoms with Crippen LogP contribution in [-0.2, 0) is 9.59 Å². The van der Waals surface area contributed by atoms with E-state index in [0.717, 1.165) is 5.75 Å². The van der Waals surface area contributed by atoms with Crippen LogP contribution in [-0.4, -0.2) is 35.5 Å². The zero-order chi connectivity index (χ0) is 11.5. The van der Waals surface area contributed by atoms with Crippen LogP contribution < -0.4 is 5.32 Å². The van der Waals surface area contributed by atoms with E-state index in [2.05, 4.69) is 5.32 Å². The molecule has 0 bridgehead atoms. The molecule has 4 nitrogen and oxygen atoms in total. The molecule has 0 aromatic carbocycles. The minimum atomic E-state index is -0.791. The van der Waals surface area contributed by atoms with Gasteiger partial charge in [0.25, 0.3) is 0 Å². The van der Waals surface area contributed by atoms with E-state index in [9.17, 15) is 9.59 Å². The van der Waals surface area contributed by atoms with Crippen molar-refractivity contribution < 1.29 is 14.7 Å². The molecular formula is C10H17NO3S. The standard InChI is InChI=1S/C10H17NO3S/c1-7(5-15-2)8(12)11-6-10(3-4-10)9(13)14/h7H,3-6H2,1-2H3,(H,11,12)(H,13,14). The van der Waals surface area contributed by atoms with Gasteiger partial charge >= 0.3 is 5.97 Å². The summed E-state index contributed by atoms with van der Waals surface area (Å²) in [4.78, 5) is 22.3. The molecule has 0 spiro atoms. The SMILES string of the molecule is CSCC(C)C(=O)NCC1(C(=O)O)CC1. The van der Waals surface area contributed by atoms with Crippen LogP contribution in [0, 0.1) is 11.3 Å². The summed E-state index contributed by atoms with van der Waals surface area (Å²) in [7, 11) is 0. The van der Waals surface area contributed by atoms with Gasteiger partial charge in [-0.2, -0.15) is 11.8 Å². The van der Waals surface area contributed by atoms with Crippen molar-refractivity contribution in [3.63, 3.8) is 0 Å². The van der Waals surface area contributed by atoms with Gasteiger partial charge in [-0.25, -0.2) is 0 Å². The molecule has 1 atom stereocenters. The number of carboxylic acids is 1. The quantitative estimate of drug-likeness (QED) is 0.714. The van der Waals surface area contributed by atoms with Crippen molar-refractivity contribution in [3.8, 4) is 0 Å². The highest BCUT2D eigenvalue weighted by atomic mass is 32.2. The summed E-state index contributed by atoms with van der Waals surface area (Å²) in [5.41, 5.74) is -0.658. The van der Waals surface area contributed by atoms with Crippen molar-refractivity contribution in [2.75, 3.05) is 18.6 Å². The molecule has 0 aromatic heterocycles. The van der Waals surface area contributed by atoms with Crippen LogP contribution in [0.1, 0.15) is 19.8 Å². The number of rotatable bonds is 6. The maximum atomic E-state index is 11.5. The fraction of sp³-hybridized carbons (Fsp3) is 0.800. The number of thioether (sulfide) groups is 1. The Morgan fingerprint density at radius 3 is 2.53 bits per heavy atom. The maximum absolute atomic E-state index is 11.5. The normalized spacial score (nSPS) is 19.3. The van der Waals surface area contributed by atoms with E-state index in [0.29, 0.717) is 12.8 Å². The highest BCUT2D eigenvalue weighted by Crippen LogP contribution is 2.45. The fourth-order valence-corrected chi connectivity index (χ4v) is 2.02. The summed E-state index contributed by atoms with van der Waals surface area (Å²) >= 11 is 1.62. The zero-order valence-electron chi connectivity index (χ0n) is 9.08. The lowest BCUT2D eigenvalue weighted by Gasteiger charge is -2.14. The Hall–Kier alpha value is -0.710. The lowest BCUT2D eigenvalue weighted by molar-refractivity contribution is -0.143. The van der Waals surface area contributed by atoms with Gasteiger partial charge < -0.3 is 10.4 Å². The molecule has 1 aliphatic carbocycles. The van der Waals surface area contributed by atoms with Crippen LogP contribution in [0.5, 0.6) is 0 Å². The van der Waals surface area contributed by atoms with Gasteiger partial charge in [-0.05, 0) is 19.1 Å². The number of hydrogen-bond acceptors (Lipinski definition) is 3. The Bertz CT molecular complexity index is 263. The van der Waals surface area contributed by atoms with Crippen LogP contribution >= 0.6 is 11.8 Å². The van der Waals surface area contributed by atoms with Crippen LogP contribution in [0.15, 0.2) is 0 Å². The van der Waals surface area contributed by atoms with Gasteiger partial charge in [-0.3, -0.25) is 9.59 Å². The summed E-state index contributed by atoms with van der Waals surface area (Å²) in [5.74, 6) is -0.117. The molecule has 5 heteroatoms. The first-order chi connectivity index (χ1) is 7.02. The Kier molecular flexibility index (Phi) is 4.02. The number of aliphatic carboxylic acids is 1. The van der Waals surface area contributed by atoms with Crippen molar-refractivity contribution in [1.82, 2.24) is 5.32 Å². The average molecular weight is 231 g/mol. The Morgan fingerprint density at radius 2 is 2.13 bits per heavy atom. The molecule has 0 saturated heterocycles. The Balaban J connectivity index is 2.31. The molecule has 1 amide bonds. The van der Waals surface area contributed by atoms with Gasteiger partial charge in [0.15, 0.2) is 0 Å². The number of nitrogens with one attached hydrogen (secondary N) is 1. The lowest BCUT2D eigenvalue weighted by Crippen LogP contribution is -2.37. The third-order valence-electron chi connectivity index (χ3n) is 2.77. The van der Waals surface area contributed by atoms with Crippen molar-refractivity contribution in [1.29, 1.82) is 0 Å². The minimum Gasteiger partial charge on any atom is -0.481 e. The maximum Gasteiger partial charge on any atom is 0.311 e. The molecule has 2 N–H and O–H groups in total. The predicted molar refractivity (Wildman–Crippen MR) is 59.9 cm³/mol. The molecule has 86 valence electrons. The summed E-state index contributed by atoms with van der Waals surface area (Å²) in [6.07, 6.45) is 3.31. The highest BCUT2D eigenvalue weighted by molar-refractivity contribution is 7.98. The molecule has 0 radical (unpaired) electrons. The van der Waals surface area contributed by atoms with Gasteiger partial charge in [0.05, 0.1) is 5.41 Å². The molecule has 0 aliphatic heterocycles. The van der Waals surface area contributed by atoms with Gasteiger partial charge in [-0.15, -0.1) is 0 Å². The zero-order valence-corrected chi connectivity index (χ0v) is 9.89. The molecule has 15 heavy (non-hydrogen) atoms. The molecule has 1 rings (SSSR count). The van der Waals surface area contributed by atoms with Crippen molar-refractivity contribution in [3.05, 3.63) is 0 Å². The number of carbonyl (C=O) groups excluding carboxylic acids is 1. The average Bonchev–Trinajstić information content (AvgIpc) is 2.95. The summed E-state index contributed by atoms with van der Waals surface area (Å²) in [6, 6.07) is 0. The second-order valence-corrected chi connectivity index (χ2v) is 5.07. The number of hydrogen-bond donors (Lipinski definition) is 2. The van der Waals surface area contributed by atoms with E-state index < -0.39 is 11.4 Å². The first kappa shape index (κ1) is 12.4. The van der Waals surface area contributed by atoms with Crippen LogP contribution in [0.4, 0.5) is 0 Å². The monoisotopic (exact) mass is 231 g/mol. The molecule has 1 aliphatic rings. The van der Waals surface area contributed by atoms with Crippen molar-refractivity contribution in [2.45, 2.75) is 19.8 Å². The van der Waals surface area contributed by atoms with Crippen LogP contribution in [0.3, 0.4) is 0 Å². The topological polar surface area (TPSA) is 66.4 Å². The minimum absolute atomic E-state index is 0.0446. The van der Waals surface area contributed by atoms with Gasteiger partial charge in [0.1, 0.15) is 0 Å².